The second kappa shape index (κ2) is 8.82. The third-order valence-corrected chi connectivity index (χ3v) is 3.27. The van der Waals surface area contributed by atoms with Gasteiger partial charge in [-0.3, -0.25) is 4.79 Å². The molecule has 0 spiro atoms. The van der Waals surface area contributed by atoms with Gasteiger partial charge in [0.1, 0.15) is 0 Å². The summed E-state index contributed by atoms with van der Waals surface area (Å²) in [5, 5.41) is 3.01. The summed E-state index contributed by atoms with van der Waals surface area (Å²) in [5.74, 6) is 1.03. The van der Waals surface area contributed by atoms with Crippen molar-refractivity contribution in [2.75, 3.05) is 27.2 Å². The molecule has 96 valence electrons. The van der Waals surface area contributed by atoms with E-state index in [1.54, 1.807) is 0 Å². The van der Waals surface area contributed by atoms with Crippen molar-refractivity contribution in [2.45, 2.75) is 38.5 Å². The van der Waals surface area contributed by atoms with Crippen LogP contribution in [-0.2, 0) is 4.79 Å². The molecule has 0 bridgehead atoms. The molecule has 1 N–H and O–H groups in total. The molecule has 1 saturated carbocycles. The Morgan fingerprint density at radius 2 is 1.94 bits per heavy atom. The van der Waals surface area contributed by atoms with Crippen molar-refractivity contribution in [1.29, 1.82) is 0 Å². The number of halogens is 1. The minimum Gasteiger partial charge on any atom is -0.345 e. The molecule has 0 atom stereocenters. The third kappa shape index (κ3) is 5.71. The lowest BCUT2D eigenvalue weighted by atomic mass is 9.89. The number of rotatable bonds is 5. The first-order valence-electron chi connectivity index (χ1n) is 6.12. The summed E-state index contributed by atoms with van der Waals surface area (Å²) in [4.78, 5) is 13.6. The van der Waals surface area contributed by atoms with Gasteiger partial charge in [0.05, 0.1) is 0 Å². The number of carbonyl (C=O) groups excluding carboxylic acids is 1. The predicted molar refractivity (Wildman–Crippen MR) is 70.0 cm³/mol. The van der Waals surface area contributed by atoms with Crippen LogP contribution in [0, 0.1) is 5.92 Å². The first-order valence-corrected chi connectivity index (χ1v) is 6.12. The number of nitrogens with one attached hydrogen (secondary N) is 1. The monoisotopic (exact) mass is 248 g/mol. The largest absolute Gasteiger partial charge is 0.345 e. The molecule has 0 aromatic carbocycles. The van der Waals surface area contributed by atoms with Gasteiger partial charge in [-0.25, -0.2) is 0 Å². The third-order valence-electron chi connectivity index (χ3n) is 3.27. The van der Waals surface area contributed by atoms with Crippen LogP contribution in [0.1, 0.15) is 38.5 Å². The normalized spacial score (nSPS) is 16.6. The SMILES string of the molecule is CNCCC(=O)N(C)CC1CCCCC1.Cl. The van der Waals surface area contributed by atoms with Gasteiger partial charge in [-0.2, -0.15) is 0 Å². The maximum atomic E-state index is 11.7. The number of amides is 1. The zero-order valence-corrected chi connectivity index (χ0v) is 11.3. The Hall–Kier alpha value is -0.280. The fourth-order valence-electron chi connectivity index (χ4n) is 2.28. The van der Waals surface area contributed by atoms with Gasteiger partial charge >= 0.3 is 0 Å². The molecule has 3 nitrogen and oxygen atoms in total. The Morgan fingerprint density at radius 1 is 1.31 bits per heavy atom. The molecular formula is C12H25ClN2O. The summed E-state index contributed by atoms with van der Waals surface area (Å²) in [7, 11) is 3.82. The van der Waals surface area contributed by atoms with Gasteiger partial charge in [0.15, 0.2) is 0 Å². The maximum Gasteiger partial charge on any atom is 0.223 e. The Kier molecular flexibility index (Phi) is 8.67. The molecule has 1 aliphatic rings. The first kappa shape index (κ1) is 15.7. The van der Waals surface area contributed by atoms with Crippen LogP contribution in [0.4, 0.5) is 0 Å². The second-order valence-electron chi connectivity index (χ2n) is 4.63. The molecule has 0 heterocycles. The fraction of sp³-hybridized carbons (Fsp3) is 0.917. The van der Waals surface area contributed by atoms with Crippen LogP contribution in [0.3, 0.4) is 0 Å². The summed E-state index contributed by atoms with van der Waals surface area (Å²) in [6, 6.07) is 0. The summed E-state index contributed by atoms with van der Waals surface area (Å²) in [5.41, 5.74) is 0. The Bertz CT molecular complexity index is 193. The minimum absolute atomic E-state index is 0. The van der Waals surface area contributed by atoms with E-state index in [1.165, 1.54) is 32.1 Å². The van der Waals surface area contributed by atoms with Gasteiger partial charge in [0.2, 0.25) is 5.91 Å². The number of nitrogens with zero attached hydrogens (tertiary/aromatic N) is 1. The Morgan fingerprint density at radius 3 is 2.50 bits per heavy atom. The molecule has 0 aromatic heterocycles. The highest BCUT2D eigenvalue weighted by Gasteiger charge is 2.17. The number of carbonyl (C=O) groups is 1. The van der Waals surface area contributed by atoms with Crippen LogP contribution < -0.4 is 5.32 Å². The van der Waals surface area contributed by atoms with Crippen LogP contribution >= 0.6 is 12.4 Å². The van der Waals surface area contributed by atoms with E-state index in [4.69, 9.17) is 0 Å². The highest BCUT2D eigenvalue weighted by molar-refractivity contribution is 5.85. The van der Waals surface area contributed by atoms with E-state index in [0.717, 1.165) is 19.0 Å². The van der Waals surface area contributed by atoms with Crippen molar-refractivity contribution in [3.63, 3.8) is 0 Å². The van der Waals surface area contributed by atoms with E-state index < -0.39 is 0 Å². The molecule has 0 radical (unpaired) electrons. The molecule has 0 unspecified atom stereocenters. The van der Waals surface area contributed by atoms with Crippen molar-refractivity contribution in [2.24, 2.45) is 5.92 Å². The summed E-state index contributed by atoms with van der Waals surface area (Å²) in [6.07, 6.45) is 7.33. The standard InChI is InChI=1S/C12H24N2O.ClH/c1-13-9-8-12(15)14(2)10-11-6-4-3-5-7-11;/h11,13H,3-10H2,1-2H3;1H. The molecule has 1 fully saturated rings. The van der Waals surface area contributed by atoms with Crippen LogP contribution in [-0.4, -0.2) is 38.0 Å². The van der Waals surface area contributed by atoms with Gasteiger partial charge in [-0.1, -0.05) is 19.3 Å². The smallest absolute Gasteiger partial charge is 0.223 e. The van der Waals surface area contributed by atoms with Gasteiger partial charge in [0, 0.05) is 26.6 Å². The van der Waals surface area contributed by atoms with E-state index in [0.29, 0.717) is 6.42 Å². The van der Waals surface area contributed by atoms with Gasteiger partial charge in [0.25, 0.3) is 0 Å². The van der Waals surface area contributed by atoms with Gasteiger partial charge in [-0.15, -0.1) is 12.4 Å². The van der Waals surface area contributed by atoms with Crippen molar-refractivity contribution in [3.05, 3.63) is 0 Å². The number of hydrogen-bond donors (Lipinski definition) is 1. The highest BCUT2D eigenvalue weighted by Crippen LogP contribution is 2.24. The molecule has 0 saturated heterocycles. The zero-order valence-electron chi connectivity index (χ0n) is 10.5. The predicted octanol–water partition coefficient (Wildman–Crippen LogP) is 2.06. The lowest BCUT2D eigenvalue weighted by Crippen LogP contribution is -2.34. The number of hydrogen-bond acceptors (Lipinski definition) is 2. The molecular weight excluding hydrogens is 224 g/mol. The molecule has 4 heteroatoms. The molecule has 1 rings (SSSR count). The summed E-state index contributed by atoms with van der Waals surface area (Å²) >= 11 is 0. The highest BCUT2D eigenvalue weighted by atomic mass is 35.5. The average molecular weight is 249 g/mol. The van der Waals surface area contributed by atoms with E-state index in [-0.39, 0.29) is 18.3 Å². The molecule has 1 aliphatic carbocycles. The zero-order chi connectivity index (χ0) is 11.1. The van der Waals surface area contributed by atoms with Crippen LogP contribution in [0.5, 0.6) is 0 Å². The van der Waals surface area contributed by atoms with E-state index in [9.17, 15) is 4.79 Å². The Labute approximate surface area is 105 Å². The van der Waals surface area contributed by atoms with Crippen molar-refractivity contribution >= 4 is 18.3 Å². The van der Waals surface area contributed by atoms with E-state index in [1.807, 2.05) is 19.0 Å². The molecule has 0 aromatic rings. The van der Waals surface area contributed by atoms with Crippen molar-refractivity contribution < 1.29 is 4.79 Å². The van der Waals surface area contributed by atoms with Crippen LogP contribution in [0.25, 0.3) is 0 Å². The average Bonchev–Trinajstić information content (AvgIpc) is 2.27. The Balaban J connectivity index is 0.00000225. The van der Waals surface area contributed by atoms with Gasteiger partial charge < -0.3 is 10.2 Å². The maximum absolute atomic E-state index is 11.7. The second-order valence-corrected chi connectivity index (χ2v) is 4.63. The molecule has 0 aliphatic heterocycles. The fourth-order valence-corrected chi connectivity index (χ4v) is 2.28. The van der Waals surface area contributed by atoms with Crippen LogP contribution in [0.2, 0.25) is 0 Å². The van der Waals surface area contributed by atoms with E-state index in [2.05, 4.69) is 5.32 Å². The van der Waals surface area contributed by atoms with Crippen molar-refractivity contribution in [3.8, 4) is 0 Å². The van der Waals surface area contributed by atoms with Crippen molar-refractivity contribution in [1.82, 2.24) is 10.2 Å². The lowest BCUT2D eigenvalue weighted by molar-refractivity contribution is -0.130. The van der Waals surface area contributed by atoms with Gasteiger partial charge in [-0.05, 0) is 25.8 Å². The summed E-state index contributed by atoms with van der Waals surface area (Å²) in [6.45, 7) is 1.75. The topological polar surface area (TPSA) is 32.3 Å². The van der Waals surface area contributed by atoms with Crippen LogP contribution in [0.15, 0.2) is 0 Å². The molecule has 1 amide bonds. The quantitative estimate of drug-likeness (QED) is 0.808. The molecule has 16 heavy (non-hydrogen) atoms. The van der Waals surface area contributed by atoms with E-state index >= 15 is 0 Å². The lowest BCUT2D eigenvalue weighted by Gasteiger charge is -2.27. The summed E-state index contributed by atoms with van der Waals surface area (Å²) < 4.78 is 0. The first-order chi connectivity index (χ1) is 7.24. The minimum atomic E-state index is 0.